The highest BCUT2D eigenvalue weighted by Gasteiger charge is 2.22. The Morgan fingerprint density at radius 3 is 2.97 bits per heavy atom. The molecular formula is C24H24FN9O. The SMILES string of the molecule is CN=C(C=CN)Nc1nccc(-c2cc3n(c2)CCCn2c(COc4ccccc4F)nnc2-3)n1. The molecule has 4 aromatic rings. The van der Waals surface area contributed by atoms with E-state index in [1.807, 2.05) is 16.7 Å². The minimum Gasteiger partial charge on any atom is -0.483 e. The fourth-order valence-electron chi connectivity index (χ4n) is 3.95. The van der Waals surface area contributed by atoms with E-state index in [2.05, 4.69) is 41.2 Å². The molecular weight excluding hydrogens is 449 g/mol. The molecule has 0 radical (unpaired) electrons. The zero-order chi connectivity index (χ0) is 24.2. The highest BCUT2D eigenvalue weighted by Crippen LogP contribution is 2.30. The number of anilines is 1. The van der Waals surface area contributed by atoms with E-state index in [4.69, 9.17) is 10.5 Å². The van der Waals surface area contributed by atoms with E-state index in [9.17, 15) is 4.39 Å². The van der Waals surface area contributed by atoms with Gasteiger partial charge in [-0.05, 0) is 43.0 Å². The molecule has 0 fully saturated rings. The number of nitrogens with one attached hydrogen (secondary N) is 1. The van der Waals surface area contributed by atoms with Crippen LogP contribution in [0.2, 0.25) is 0 Å². The number of nitrogens with zero attached hydrogens (tertiary/aromatic N) is 7. The van der Waals surface area contributed by atoms with E-state index >= 15 is 0 Å². The minimum atomic E-state index is -0.406. The van der Waals surface area contributed by atoms with Crippen LogP contribution >= 0.6 is 0 Å². The minimum absolute atomic E-state index is 0.126. The van der Waals surface area contributed by atoms with E-state index in [0.29, 0.717) is 17.6 Å². The molecule has 3 N–H and O–H groups in total. The van der Waals surface area contributed by atoms with Gasteiger partial charge in [0, 0.05) is 38.1 Å². The highest BCUT2D eigenvalue weighted by atomic mass is 19.1. The van der Waals surface area contributed by atoms with Crippen molar-refractivity contribution in [1.82, 2.24) is 29.3 Å². The smallest absolute Gasteiger partial charge is 0.228 e. The maximum absolute atomic E-state index is 13.9. The standard InChI is InChI=1S/C24H24FN9O/c1-27-21(7-9-26)30-24-28-10-8-18(29-24)16-13-19-23-32-31-22(34(23)12-4-11-33(19)14-16)15-35-20-6-3-2-5-17(20)25/h2-3,5-10,13-14H,4,11-12,15,26H2,1H3,(H,27,28,29,30). The lowest BCUT2D eigenvalue weighted by molar-refractivity contribution is 0.274. The number of halogens is 1. The maximum atomic E-state index is 13.9. The van der Waals surface area contributed by atoms with Gasteiger partial charge >= 0.3 is 0 Å². The van der Waals surface area contributed by atoms with Crippen LogP contribution in [0.5, 0.6) is 5.75 Å². The van der Waals surface area contributed by atoms with Crippen molar-refractivity contribution in [3.05, 3.63) is 72.7 Å². The number of nitrogens with two attached hydrogens (primary N) is 1. The van der Waals surface area contributed by atoms with Crippen LogP contribution in [-0.4, -0.2) is 42.2 Å². The zero-order valence-corrected chi connectivity index (χ0v) is 19.1. The average Bonchev–Trinajstić information content (AvgIpc) is 3.43. The molecule has 178 valence electrons. The number of fused-ring (bicyclic) bond motifs is 3. The molecule has 35 heavy (non-hydrogen) atoms. The molecule has 10 nitrogen and oxygen atoms in total. The van der Waals surface area contributed by atoms with Gasteiger partial charge in [0.2, 0.25) is 5.95 Å². The topological polar surface area (TPSA) is 121 Å². The van der Waals surface area contributed by atoms with Gasteiger partial charge < -0.3 is 24.9 Å². The van der Waals surface area contributed by atoms with Gasteiger partial charge in [-0.25, -0.2) is 14.4 Å². The number of benzene rings is 1. The van der Waals surface area contributed by atoms with Crippen LogP contribution in [-0.2, 0) is 19.7 Å². The third-order valence-electron chi connectivity index (χ3n) is 5.61. The number of para-hydroxylation sites is 1. The van der Waals surface area contributed by atoms with Crippen LogP contribution in [0, 0.1) is 5.82 Å². The average molecular weight is 474 g/mol. The molecule has 4 heterocycles. The normalized spacial score (nSPS) is 13.4. The molecule has 0 saturated heterocycles. The first kappa shape index (κ1) is 22.3. The fraction of sp³-hybridized carbons (Fsp3) is 0.208. The summed E-state index contributed by atoms with van der Waals surface area (Å²) in [5.74, 6) is 2.13. The summed E-state index contributed by atoms with van der Waals surface area (Å²) < 4.78 is 23.8. The molecule has 11 heteroatoms. The summed E-state index contributed by atoms with van der Waals surface area (Å²) in [5, 5.41) is 11.8. The number of ether oxygens (including phenoxy) is 1. The van der Waals surface area contributed by atoms with Gasteiger partial charge in [0.05, 0.1) is 11.4 Å². The van der Waals surface area contributed by atoms with Gasteiger partial charge in [0.15, 0.2) is 23.2 Å². The Kier molecular flexibility index (Phi) is 6.20. The lowest BCUT2D eigenvalue weighted by Gasteiger charge is -2.09. The van der Waals surface area contributed by atoms with E-state index in [0.717, 1.165) is 42.3 Å². The summed E-state index contributed by atoms with van der Waals surface area (Å²) in [6, 6.07) is 10.2. The monoisotopic (exact) mass is 473 g/mol. The van der Waals surface area contributed by atoms with E-state index in [1.165, 1.54) is 12.3 Å². The number of rotatable bonds is 6. The van der Waals surface area contributed by atoms with Crippen molar-refractivity contribution in [3.63, 3.8) is 0 Å². The van der Waals surface area contributed by atoms with Crippen LogP contribution in [0.15, 0.2) is 66.1 Å². The lowest BCUT2D eigenvalue weighted by Crippen LogP contribution is -2.12. The van der Waals surface area contributed by atoms with Crippen LogP contribution in [0.3, 0.4) is 0 Å². The second-order valence-corrected chi connectivity index (χ2v) is 7.83. The van der Waals surface area contributed by atoms with E-state index in [1.54, 1.807) is 37.5 Å². The molecule has 0 amide bonds. The number of aryl methyl sites for hydroxylation is 1. The summed E-state index contributed by atoms with van der Waals surface area (Å²) in [4.78, 5) is 13.0. The zero-order valence-electron chi connectivity index (χ0n) is 19.1. The Hall–Kier alpha value is -4.54. The van der Waals surface area contributed by atoms with Crippen molar-refractivity contribution >= 4 is 11.8 Å². The number of amidine groups is 1. The first-order valence-electron chi connectivity index (χ1n) is 11.1. The van der Waals surface area contributed by atoms with Gasteiger partial charge in [0.1, 0.15) is 12.4 Å². The fourth-order valence-corrected chi connectivity index (χ4v) is 3.95. The van der Waals surface area contributed by atoms with Gasteiger partial charge in [-0.1, -0.05) is 12.1 Å². The Balaban J connectivity index is 1.41. The molecule has 0 saturated carbocycles. The van der Waals surface area contributed by atoms with Gasteiger partial charge in [-0.15, -0.1) is 10.2 Å². The quantitative estimate of drug-likeness (QED) is 0.326. The van der Waals surface area contributed by atoms with Crippen molar-refractivity contribution in [2.24, 2.45) is 10.7 Å². The van der Waals surface area contributed by atoms with E-state index < -0.39 is 5.82 Å². The van der Waals surface area contributed by atoms with Crippen molar-refractivity contribution in [1.29, 1.82) is 0 Å². The van der Waals surface area contributed by atoms with Crippen molar-refractivity contribution in [2.45, 2.75) is 26.1 Å². The van der Waals surface area contributed by atoms with Crippen molar-refractivity contribution in [2.75, 3.05) is 12.4 Å². The summed E-state index contributed by atoms with van der Waals surface area (Å²) in [6.45, 7) is 1.68. The van der Waals surface area contributed by atoms with E-state index in [-0.39, 0.29) is 12.4 Å². The third kappa shape index (κ3) is 4.60. The Labute approximate surface area is 201 Å². The number of aliphatic imine (C=N–C) groups is 1. The summed E-state index contributed by atoms with van der Waals surface area (Å²) in [7, 11) is 1.66. The van der Waals surface area contributed by atoms with Crippen LogP contribution in [0.1, 0.15) is 12.2 Å². The highest BCUT2D eigenvalue weighted by molar-refractivity contribution is 6.02. The summed E-state index contributed by atoms with van der Waals surface area (Å²) in [6.07, 6.45) is 7.66. The molecule has 1 aromatic carbocycles. The van der Waals surface area contributed by atoms with Crippen LogP contribution in [0.4, 0.5) is 10.3 Å². The van der Waals surface area contributed by atoms with Crippen LogP contribution in [0.25, 0.3) is 22.8 Å². The Morgan fingerprint density at radius 1 is 1.26 bits per heavy atom. The molecule has 3 aromatic heterocycles. The predicted octanol–water partition coefficient (Wildman–Crippen LogP) is 3.24. The molecule has 0 bridgehead atoms. The first-order chi connectivity index (χ1) is 17.2. The molecule has 0 unspecified atom stereocenters. The van der Waals surface area contributed by atoms with Crippen molar-refractivity contribution in [3.8, 4) is 28.5 Å². The molecule has 0 aliphatic carbocycles. The summed E-state index contributed by atoms with van der Waals surface area (Å²) in [5.41, 5.74) is 8.07. The number of hydrogen-bond acceptors (Lipinski definition) is 7. The molecule has 0 atom stereocenters. The maximum Gasteiger partial charge on any atom is 0.228 e. The second-order valence-electron chi connectivity index (χ2n) is 7.83. The molecule has 5 rings (SSSR count). The Morgan fingerprint density at radius 2 is 2.14 bits per heavy atom. The lowest BCUT2D eigenvalue weighted by atomic mass is 10.2. The largest absolute Gasteiger partial charge is 0.483 e. The molecule has 0 spiro atoms. The van der Waals surface area contributed by atoms with Crippen LogP contribution < -0.4 is 15.8 Å². The number of hydrogen-bond donors (Lipinski definition) is 2. The van der Waals surface area contributed by atoms with Gasteiger partial charge in [-0.2, -0.15) is 0 Å². The van der Waals surface area contributed by atoms with Crippen molar-refractivity contribution < 1.29 is 9.13 Å². The predicted molar refractivity (Wildman–Crippen MR) is 130 cm³/mol. The summed E-state index contributed by atoms with van der Waals surface area (Å²) >= 11 is 0. The van der Waals surface area contributed by atoms with Gasteiger partial charge in [-0.3, -0.25) is 4.99 Å². The number of aromatic nitrogens is 6. The molecule has 1 aliphatic rings. The first-order valence-corrected chi connectivity index (χ1v) is 11.1. The molecule has 1 aliphatic heterocycles. The second kappa shape index (κ2) is 9.75. The van der Waals surface area contributed by atoms with Gasteiger partial charge in [0.25, 0.3) is 0 Å². The third-order valence-corrected chi connectivity index (χ3v) is 5.61. The Bertz CT molecular complexity index is 1410.